The molecule has 2 fully saturated rings. The van der Waals surface area contributed by atoms with Crippen molar-refractivity contribution in [2.45, 2.75) is 115 Å². The lowest BCUT2D eigenvalue weighted by molar-refractivity contribution is -0.141. The number of nitrogens with zero attached hydrogens (tertiary/aromatic N) is 4. The Morgan fingerprint density at radius 3 is 2.56 bits per heavy atom. The third kappa shape index (κ3) is 8.51. The summed E-state index contributed by atoms with van der Waals surface area (Å²) in [6.45, 7) is 8.73. The zero-order chi connectivity index (χ0) is 38.2. The fourth-order valence-corrected chi connectivity index (χ4v) is 7.31. The predicted octanol–water partition coefficient (Wildman–Crippen LogP) is 3.32. The van der Waals surface area contributed by atoms with Crippen molar-refractivity contribution in [1.82, 2.24) is 34.1 Å². The maximum Gasteiger partial charge on any atom is 0.408 e. The number of nitrogens with one attached hydrogen (secondary N) is 3. The molecule has 3 N–H and O–H groups in total. The van der Waals surface area contributed by atoms with E-state index in [-0.39, 0.29) is 43.4 Å². The van der Waals surface area contributed by atoms with Gasteiger partial charge in [-0.05, 0) is 72.4 Å². The number of hydrogen-bond donors (Lipinski definition) is 3. The summed E-state index contributed by atoms with van der Waals surface area (Å²) in [6, 6.07) is 2.16. The van der Waals surface area contributed by atoms with Gasteiger partial charge in [-0.15, -0.1) is 0 Å². The number of alkyl carbamates (subject to hydrolysis) is 1. The van der Waals surface area contributed by atoms with E-state index in [1.165, 1.54) is 25.1 Å². The highest BCUT2D eigenvalue weighted by atomic mass is 32.2. The number of hydrogen-bond acceptors (Lipinski definition) is 9. The Hall–Kier alpha value is -4.25. The molecular formula is C35H50FN7O8S. The Balaban J connectivity index is 1.50. The van der Waals surface area contributed by atoms with Crippen LogP contribution >= 0.6 is 0 Å². The first-order chi connectivity index (χ1) is 24.3. The van der Waals surface area contributed by atoms with Crippen LogP contribution in [0, 0.1) is 11.7 Å². The summed E-state index contributed by atoms with van der Waals surface area (Å²) >= 11 is 0. The fourth-order valence-electron chi connectivity index (χ4n) is 6.71. The smallest absolute Gasteiger partial charge is 0.408 e. The number of para-hydroxylation sites is 1. The molecular weight excluding hydrogens is 697 g/mol. The fraction of sp³-hybridized carbons (Fsp3) is 0.629. The second-order valence-electron chi connectivity index (χ2n) is 15.2. The Bertz CT molecular complexity index is 1840. The molecule has 2 aliphatic heterocycles. The van der Waals surface area contributed by atoms with Gasteiger partial charge in [0.05, 0.1) is 12.1 Å². The Morgan fingerprint density at radius 1 is 1.15 bits per heavy atom. The molecule has 286 valence electrons. The molecule has 1 saturated heterocycles. The minimum Gasteiger partial charge on any atom is -0.459 e. The summed E-state index contributed by atoms with van der Waals surface area (Å²) < 4.78 is 56.7. The molecule has 0 spiro atoms. The van der Waals surface area contributed by atoms with Gasteiger partial charge in [-0.1, -0.05) is 31.1 Å². The van der Waals surface area contributed by atoms with Crippen molar-refractivity contribution in [2.75, 3.05) is 20.6 Å². The lowest BCUT2D eigenvalue weighted by atomic mass is 10.0. The summed E-state index contributed by atoms with van der Waals surface area (Å²) in [7, 11) is -1.63. The van der Waals surface area contributed by atoms with E-state index in [0.29, 0.717) is 18.4 Å². The SMILES string of the molecule is CC(C)n1c(O[C@@H]2C[C@H]3C(=O)N[C@]4(C(=O)NS(=O)(=O)N(C)C)C[C@H]4/C=C\CCCCC[C@H](NC(=O)OC(C)(C)C)C(=O)N3C2)nc2cccc(F)c21. The highest BCUT2D eigenvalue weighted by Crippen LogP contribution is 2.46. The van der Waals surface area contributed by atoms with Crippen molar-refractivity contribution in [2.24, 2.45) is 5.92 Å². The zero-order valence-electron chi connectivity index (χ0n) is 30.8. The van der Waals surface area contributed by atoms with Crippen molar-refractivity contribution < 1.29 is 41.5 Å². The second-order valence-corrected chi connectivity index (χ2v) is 17.1. The highest BCUT2D eigenvalue weighted by molar-refractivity contribution is 7.87. The number of imidazole rings is 1. The van der Waals surface area contributed by atoms with E-state index in [1.807, 2.05) is 26.0 Å². The molecule has 0 radical (unpaired) electrons. The average Bonchev–Trinajstić information content (AvgIpc) is 3.36. The summed E-state index contributed by atoms with van der Waals surface area (Å²) in [4.78, 5) is 61.1. The summed E-state index contributed by atoms with van der Waals surface area (Å²) in [6.07, 6.45) is 5.27. The van der Waals surface area contributed by atoms with Gasteiger partial charge < -0.3 is 25.0 Å². The molecule has 4 amide bonds. The molecule has 0 unspecified atom stereocenters. The lowest BCUT2D eigenvalue weighted by Gasteiger charge is -2.30. The molecule has 3 aliphatic rings. The van der Waals surface area contributed by atoms with Crippen LogP contribution in [0.2, 0.25) is 0 Å². The molecule has 5 rings (SSSR count). The van der Waals surface area contributed by atoms with Crippen LogP contribution in [0.1, 0.15) is 85.6 Å². The van der Waals surface area contributed by atoms with Gasteiger partial charge in [-0.3, -0.25) is 19.0 Å². The van der Waals surface area contributed by atoms with Crippen LogP contribution in [-0.2, 0) is 29.3 Å². The molecule has 5 atom stereocenters. The van der Waals surface area contributed by atoms with E-state index in [4.69, 9.17) is 9.47 Å². The van der Waals surface area contributed by atoms with Gasteiger partial charge in [0.25, 0.3) is 11.9 Å². The number of halogens is 1. The normalized spacial score (nSPS) is 26.5. The first-order valence-corrected chi connectivity index (χ1v) is 19.1. The zero-order valence-corrected chi connectivity index (χ0v) is 31.6. The van der Waals surface area contributed by atoms with Gasteiger partial charge in [-0.2, -0.15) is 17.7 Å². The summed E-state index contributed by atoms with van der Waals surface area (Å²) in [5.41, 5.74) is -1.78. The maximum absolute atomic E-state index is 15.0. The molecule has 0 bridgehead atoms. The quantitative estimate of drug-likeness (QED) is 0.358. The molecule has 17 heteroatoms. The number of ether oxygens (including phenoxy) is 2. The molecule has 1 aromatic heterocycles. The molecule has 1 saturated carbocycles. The largest absolute Gasteiger partial charge is 0.459 e. The minimum atomic E-state index is -4.18. The molecule has 3 heterocycles. The summed E-state index contributed by atoms with van der Waals surface area (Å²) in [5, 5.41) is 5.51. The Kier molecular flexibility index (Phi) is 11.2. The Labute approximate surface area is 303 Å². The van der Waals surface area contributed by atoms with Crippen LogP contribution in [-0.4, -0.2) is 101 Å². The number of carbonyl (C=O) groups is 4. The van der Waals surface area contributed by atoms with Crippen LogP contribution in [0.5, 0.6) is 6.01 Å². The number of carbonyl (C=O) groups excluding carboxylic acids is 4. The van der Waals surface area contributed by atoms with Gasteiger partial charge in [0.15, 0.2) is 0 Å². The van der Waals surface area contributed by atoms with Crippen LogP contribution in [0.3, 0.4) is 0 Å². The number of aromatic nitrogens is 2. The number of allylic oxidation sites excluding steroid dienone is 1. The number of rotatable bonds is 7. The van der Waals surface area contributed by atoms with E-state index >= 15 is 0 Å². The third-order valence-corrected chi connectivity index (χ3v) is 10.9. The van der Waals surface area contributed by atoms with Gasteiger partial charge in [0, 0.05) is 32.5 Å². The monoisotopic (exact) mass is 747 g/mol. The van der Waals surface area contributed by atoms with Crippen LogP contribution < -0.4 is 20.1 Å². The molecule has 1 aromatic carbocycles. The molecule has 52 heavy (non-hydrogen) atoms. The summed E-state index contributed by atoms with van der Waals surface area (Å²) in [5.74, 6) is -3.10. The van der Waals surface area contributed by atoms with Gasteiger partial charge in [0.2, 0.25) is 11.8 Å². The molecule has 2 aromatic rings. The number of fused-ring (bicyclic) bond motifs is 3. The van der Waals surface area contributed by atoms with Crippen molar-refractivity contribution in [3.63, 3.8) is 0 Å². The minimum absolute atomic E-state index is 0.0330. The standard InChI is InChI=1S/C35H50FN7O8S/c1-21(2)43-28-24(36)15-13-17-25(28)37-32(43)50-23-18-27-29(44)39-35(31(46)40-52(48,49)41(6)7)19-22(35)14-11-9-8-10-12-16-26(30(45)42(27)20-23)38-33(47)51-34(3,4)5/h11,13-15,17,21-23,26-27H,8-10,12,16,18-20H2,1-7H3,(H,38,47)(H,39,44)(H,40,46)/b14-11-/t22-,23-,26+,27+,35-/m1/s1. The van der Waals surface area contributed by atoms with Crippen LogP contribution in [0.4, 0.5) is 9.18 Å². The third-order valence-electron chi connectivity index (χ3n) is 9.46. The highest BCUT2D eigenvalue weighted by Gasteiger charge is 2.61. The van der Waals surface area contributed by atoms with Crippen molar-refractivity contribution >= 4 is 45.1 Å². The first kappa shape index (κ1) is 39.0. The lowest BCUT2D eigenvalue weighted by Crippen LogP contribution is -2.58. The van der Waals surface area contributed by atoms with Gasteiger partial charge in [0.1, 0.15) is 40.7 Å². The molecule has 1 aliphatic carbocycles. The maximum atomic E-state index is 15.0. The van der Waals surface area contributed by atoms with E-state index in [1.54, 1.807) is 37.5 Å². The van der Waals surface area contributed by atoms with E-state index in [2.05, 4.69) is 20.3 Å². The van der Waals surface area contributed by atoms with E-state index in [9.17, 15) is 32.0 Å². The first-order valence-electron chi connectivity index (χ1n) is 17.7. The molecule has 15 nitrogen and oxygen atoms in total. The number of amides is 4. The van der Waals surface area contributed by atoms with E-state index < -0.39 is 75.1 Å². The van der Waals surface area contributed by atoms with Crippen molar-refractivity contribution in [1.29, 1.82) is 0 Å². The average molecular weight is 748 g/mol. The van der Waals surface area contributed by atoms with Crippen molar-refractivity contribution in [3.8, 4) is 6.01 Å². The van der Waals surface area contributed by atoms with Crippen LogP contribution in [0.15, 0.2) is 30.4 Å². The van der Waals surface area contributed by atoms with Gasteiger partial charge >= 0.3 is 16.3 Å². The predicted molar refractivity (Wildman–Crippen MR) is 190 cm³/mol. The number of benzene rings is 1. The topological polar surface area (TPSA) is 181 Å². The van der Waals surface area contributed by atoms with E-state index in [0.717, 1.165) is 17.1 Å². The van der Waals surface area contributed by atoms with Crippen LogP contribution in [0.25, 0.3) is 11.0 Å². The van der Waals surface area contributed by atoms with Gasteiger partial charge in [-0.25, -0.2) is 13.9 Å². The Morgan fingerprint density at radius 2 is 1.88 bits per heavy atom. The second kappa shape index (κ2) is 15.0. The van der Waals surface area contributed by atoms with Crippen molar-refractivity contribution in [3.05, 3.63) is 36.2 Å².